The van der Waals surface area contributed by atoms with Gasteiger partial charge in [0.05, 0.1) is 32.8 Å². The van der Waals surface area contributed by atoms with Crippen LogP contribution in [0.4, 0.5) is 0 Å². The number of hydrogen-bond donors (Lipinski definition) is 3. The molecule has 0 fully saturated rings. The second kappa shape index (κ2) is 72.5. The first-order valence-corrected chi connectivity index (χ1v) is 41.4. The third kappa shape index (κ3) is 71.6. The number of hydrogen-bond acceptors (Lipinski definition) is 15. The van der Waals surface area contributed by atoms with Crippen LogP contribution in [-0.4, -0.2) is 96.7 Å². The van der Waals surface area contributed by atoms with Crippen molar-refractivity contribution >= 4 is 39.5 Å². The molecule has 0 radical (unpaired) electrons. The number of aliphatic hydroxyl groups excluding tert-OH is 1. The highest BCUT2D eigenvalue weighted by Crippen LogP contribution is 2.45. The zero-order valence-corrected chi connectivity index (χ0v) is 64.1. The lowest BCUT2D eigenvalue weighted by atomic mass is 10.0. The average Bonchev–Trinajstić information content (AvgIpc) is 1.01. The fourth-order valence-electron chi connectivity index (χ4n) is 9.84. The Labute approximate surface area is 605 Å². The van der Waals surface area contributed by atoms with Crippen LogP contribution in [-0.2, 0) is 65.4 Å². The summed E-state index contributed by atoms with van der Waals surface area (Å²) in [7, 11) is -9.99. The summed E-state index contributed by atoms with van der Waals surface area (Å²) in [5.41, 5.74) is 0. The third-order valence-corrected chi connectivity index (χ3v) is 17.5. The normalized spacial score (nSPS) is 14.7. The van der Waals surface area contributed by atoms with Gasteiger partial charge in [0, 0.05) is 19.3 Å². The van der Waals surface area contributed by atoms with E-state index in [1.807, 2.05) is 18.2 Å². The van der Waals surface area contributed by atoms with Crippen molar-refractivity contribution in [2.75, 3.05) is 39.6 Å². The highest BCUT2D eigenvalue weighted by Gasteiger charge is 2.30. The lowest BCUT2D eigenvalue weighted by Crippen LogP contribution is -2.30. The summed E-state index contributed by atoms with van der Waals surface area (Å²) >= 11 is 0. The Hall–Kier alpha value is -4.80. The maximum Gasteiger partial charge on any atom is 0.472 e. The van der Waals surface area contributed by atoms with Crippen LogP contribution in [0.1, 0.15) is 297 Å². The number of aliphatic hydroxyl groups is 1. The predicted octanol–water partition coefficient (Wildman–Crippen LogP) is 22.1. The molecular formula is C81H136O17P2. The minimum absolute atomic E-state index is 0.0649. The van der Waals surface area contributed by atoms with Gasteiger partial charge in [-0.05, 0) is 122 Å². The van der Waals surface area contributed by atoms with Crippen molar-refractivity contribution in [3.8, 4) is 0 Å². The van der Waals surface area contributed by atoms with Gasteiger partial charge in [-0.3, -0.25) is 37.3 Å². The molecule has 19 heteroatoms. The van der Waals surface area contributed by atoms with E-state index in [1.54, 1.807) is 6.08 Å². The van der Waals surface area contributed by atoms with Gasteiger partial charge in [-0.25, -0.2) is 9.13 Å². The van der Waals surface area contributed by atoms with Crippen molar-refractivity contribution in [3.63, 3.8) is 0 Å². The van der Waals surface area contributed by atoms with E-state index in [4.69, 9.17) is 37.0 Å². The zero-order valence-electron chi connectivity index (χ0n) is 62.3. The topological polar surface area (TPSA) is 237 Å². The van der Waals surface area contributed by atoms with E-state index < -0.39 is 97.5 Å². The molecule has 0 amide bonds. The monoisotopic (exact) mass is 1440 g/mol. The Balaban J connectivity index is 5.46. The van der Waals surface area contributed by atoms with E-state index in [0.717, 1.165) is 135 Å². The van der Waals surface area contributed by atoms with E-state index >= 15 is 0 Å². The van der Waals surface area contributed by atoms with Gasteiger partial charge < -0.3 is 33.8 Å². The highest BCUT2D eigenvalue weighted by atomic mass is 31.2. The average molecular weight is 1440 g/mol. The van der Waals surface area contributed by atoms with Crippen LogP contribution >= 0.6 is 15.6 Å². The van der Waals surface area contributed by atoms with Crippen molar-refractivity contribution in [2.24, 2.45) is 0 Å². The first-order chi connectivity index (χ1) is 48.7. The maximum atomic E-state index is 13.1. The van der Waals surface area contributed by atoms with Crippen LogP contribution in [0.2, 0.25) is 0 Å². The van der Waals surface area contributed by atoms with Crippen LogP contribution in [0.3, 0.4) is 0 Å². The molecule has 5 unspecified atom stereocenters. The molecule has 0 saturated heterocycles. The van der Waals surface area contributed by atoms with E-state index in [1.165, 1.54) is 83.5 Å². The largest absolute Gasteiger partial charge is 0.472 e. The molecule has 0 aromatic rings. The summed E-state index contributed by atoms with van der Waals surface area (Å²) in [6.07, 6.45) is 80.4. The summed E-state index contributed by atoms with van der Waals surface area (Å²) in [6.45, 7) is 4.45. The van der Waals surface area contributed by atoms with Crippen LogP contribution in [0.5, 0.6) is 0 Å². The molecule has 0 spiro atoms. The molecule has 0 saturated carbocycles. The number of carbonyl (C=O) groups excluding carboxylic acids is 4. The number of rotatable bonds is 71. The molecule has 0 aromatic carbocycles. The fraction of sp³-hybridized carbons (Fsp3) is 0.679. The molecule has 0 heterocycles. The molecule has 0 aliphatic rings. The quantitative estimate of drug-likeness (QED) is 0.0169. The van der Waals surface area contributed by atoms with Crippen LogP contribution in [0.25, 0.3) is 0 Å². The maximum absolute atomic E-state index is 13.1. The van der Waals surface area contributed by atoms with Gasteiger partial charge in [-0.2, -0.15) is 0 Å². The van der Waals surface area contributed by atoms with E-state index in [2.05, 4.69) is 137 Å². The van der Waals surface area contributed by atoms with Crippen molar-refractivity contribution in [2.45, 2.75) is 316 Å². The minimum Gasteiger partial charge on any atom is -0.462 e. The molecule has 5 atom stereocenters. The van der Waals surface area contributed by atoms with E-state index in [9.17, 15) is 43.2 Å². The lowest BCUT2D eigenvalue weighted by molar-refractivity contribution is -0.161. The Morgan fingerprint density at radius 1 is 0.300 bits per heavy atom. The number of unbranched alkanes of at least 4 members (excludes halogenated alkanes) is 24. The second-order valence-corrected chi connectivity index (χ2v) is 28.1. The first-order valence-electron chi connectivity index (χ1n) is 38.4. The van der Waals surface area contributed by atoms with Crippen molar-refractivity contribution in [1.82, 2.24) is 0 Å². The smallest absolute Gasteiger partial charge is 0.462 e. The molecule has 0 aliphatic heterocycles. The Morgan fingerprint density at radius 3 is 0.930 bits per heavy atom. The van der Waals surface area contributed by atoms with Crippen molar-refractivity contribution in [3.05, 3.63) is 134 Å². The number of carbonyl (C=O) groups is 4. The van der Waals surface area contributed by atoms with Crippen LogP contribution < -0.4 is 0 Å². The van der Waals surface area contributed by atoms with Crippen LogP contribution in [0, 0.1) is 0 Å². The Kier molecular flexibility index (Phi) is 69.1. The van der Waals surface area contributed by atoms with Gasteiger partial charge in [-0.1, -0.05) is 283 Å². The van der Waals surface area contributed by atoms with E-state index in [0.29, 0.717) is 25.7 Å². The van der Waals surface area contributed by atoms with Crippen LogP contribution in [0.15, 0.2) is 134 Å². The molecule has 100 heavy (non-hydrogen) atoms. The molecule has 0 rings (SSSR count). The highest BCUT2D eigenvalue weighted by molar-refractivity contribution is 7.47. The molecule has 3 N–H and O–H groups in total. The minimum atomic E-state index is -5.00. The van der Waals surface area contributed by atoms with Crippen molar-refractivity contribution < 1.29 is 80.2 Å². The number of ether oxygens (including phenoxy) is 4. The zero-order chi connectivity index (χ0) is 73.2. The van der Waals surface area contributed by atoms with Gasteiger partial charge >= 0.3 is 39.5 Å². The summed E-state index contributed by atoms with van der Waals surface area (Å²) in [4.78, 5) is 72.8. The van der Waals surface area contributed by atoms with Gasteiger partial charge in [-0.15, -0.1) is 0 Å². The third-order valence-electron chi connectivity index (χ3n) is 15.6. The van der Waals surface area contributed by atoms with Gasteiger partial charge in [0.15, 0.2) is 12.2 Å². The number of esters is 4. The van der Waals surface area contributed by atoms with Gasteiger partial charge in [0.2, 0.25) is 0 Å². The standard InChI is InChI=1S/C81H136O17P2/c1-5-9-13-17-21-25-29-33-37-41-45-49-53-57-61-65-78(83)91-71-76(97-80(85)67-63-59-55-51-47-43-39-35-31-27-23-19-15-11-7-3)73-95-99(87,88)93-69-75(82)70-94-100(89,90)96-74-77(98-81(86)68-64-60-56-52-48-44-40-36-32-28-24-20-16-12-8-4)72-92-79(84)66-62-58-54-50-46-42-38-34-30-26-22-18-14-10-6-2/h9-10,13-14,21-23,25-27,33-35,37-39,45-46,49-50,58,62,75-77,82H,5-8,11-12,15-20,24,28-32,36,40-44,47-48,51-57,59-61,63-74H2,1-4H3,(H,87,88)(H,89,90)/b13-9-,14-10-,25-21-,26-22-,27-23-,37-33-,38-34-,39-35-,49-45-,50-46-,62-58-. The summed E-state index contributed by atoms with van der Waals surface area (Å²) in [6, 6.07) is 0. The number of allylic oxidation sites excluding steroid dienone is 21. The second-order valence-electron chi connectivity index (χ2n) is 25.2. The summed E-state index contributed by atoms with van der Waals surface area (Å²) < 4.78 is 68.3. The SMILES string of the molecule is CC/C=C\C/C=C\C/C=C\C/C=C\C/C=C\CC(=O)OCC(COP(=O)(O)OCC(O)COP(=O)(O)OCC(COC(=O)CCCC/C=C\C/C=C\C/C=C\C/C=C\CC)OC(=O)CCCCCCC/C=C\C/C=C\CCCCC)OC(=O)CCCCCCCCCCCCCCCCC. The predicted molar refractivity (Wildman–Crippen MR) is 408 cm³/mol. The van der Waals surface area contributed by atoms with Gasteiger partial charge in [0.25, 0.3) is 0 Å². The van der Waals surface area contributed by atoms with Crippen molar-refractivity contribution in [1.29, 1.82) is 0 Å². The molecule has 572 valence electrons. The molecule has 0 bridgehead atoms. The molecule has 0 aliphatic carbocycles. The van der Waals surface area contributed by atoms with Gasteiger partial charge in [0.1, 0.15) is 19.3 Å². The Morgan fingerprint density at radius 2 is 0.560 bits per heavy atom. The first kappa shape index (κ1) is 95.2. The number of phosphoric acid groups is 2. The molecular weight excluding hydrogens is 1310 g/mol. The molecule has 0 aromatic heterocycles. The van der Waals surface area contributed by atoms with E-state index in [-0.39, 0.29) is 25.7 Å². The summed E-state index contributed by atoms with van der Waals surface area (Å²) in [5, 5.41) is 10.6. The lowest BCUT2D eigenvalue weighted by Gasteiger charge is -2.21. The summed E-state index contributed by atoms with van der Waals surface area (Å²) in [5.74, 6) is -2.38. The fourth-order valence-corrected chi connectivity index (χ4v) is 11.4. The number of phosphoric ester groups is 2. The molecule has 17 nitrogen and oxygen atoms in total. The Bertz CT molecular complexity index is 2420.